The molecule has 1 aliphatic rings. The van der Waals surface area contributed by atoms with Crippen molar-refractivity contribution in [3.8, 4) is 0 Å². The number of rotatable bonds is 6. The Bertz CT molecular complexity index is 250. The molecule has 1 rings (SSSR count). The van der Waals surface area contributed by atoms with Gasteiger partial charge in [-0.25, -0.2) is 0 Å². The topological polar surface area (TPSA) is 70.6 Å². The highest BCUT2D eigenvalue weighted by Gasteiger charge is 2.36. The molecule has 5 heteroatoms. The lowest BCUT2D eigenvalue weighted by Crippen LogP contribution is -2.47. The molecule has 0 aromatic heterocycles. The van der Waals surface area contributed by atoms with E-state index in [4.69, 9.17) is 4.74 Å². The van der Waals surface area contributed by atoms with Crippen LogP contribution < -0.4 is 10.6 Å². The lowest BCUT2D eigenvalue weighted by Gasteiger charge is -2.28. The molecule has 0 heterocycles. The Morgan fingerprint density at radius 2 is 2.29 bits per heavy atom. The minimum absolute atomic E-state index is 0.244. The molecule has 1 unspecified atom stereocenters. The fraction of sp³-hybridized carbons (Fsp3) is 0.667. The standard InChI is InChI=1S/C9H16N2O3/c1-10-6-7(9(13)8(6)12)11-4-3-5-14-2/h8,10-12H,3-5H2,1-2H3. The number of Topliss-reactive ketones (excluding diaryl/α,β-unsaturated/α-hetero) is 1. The third-order valence-corrected chi connectivity index (χ3v) is 2.13. The van der Waals surface area contributed by atoms with Crippen LogP contribution in [-0.2, 0) is 9.53 Å². The molecule has 1 aliphatic carbocycles. The number of ketones is 1. The summed E-state index contributed by atoms with van der Waals surface area (Å²) < 4.78 is 4.87. The summed E-state index contributed by atoms with van der Waals surface area (Å²) in [4.78, 5) is 11.2. The third kappa shape index (κ3) is 2.05. The molecule has 3 N–H and O–H groups in total. The van der Waals surface area contributed by atoms with Crippen molar-refractivity contribution in [3.63, 3.8) is 0 Å². The number of ether oxygens (including phenoxy) is 1. The normalized spacial score (nSPS) is 20.8. The Hall–Kier alpha value is -1.07. The summed E-state index contributed by atoms with van der Waals surface area (Å²) in [7, 11) is 3.32. The molecule has 0 saturated heterocycles. The van der Waals surface area contributed by atoms with Gasteiger partial charge in [0.2, 0.25) is 5.78 Å². The Morgan fingerprint density at radius 1 is 1.57 bits per heavy atom. The van der Waals surface area contributed by atoms with Crippen LogP contribution in [0.15, 0.2) is 11.4 Å². The summed E-state index contributed by atoms with van der Waals surface area (Å²) in [5, 5.41) is 15.0. The number of carbonyl (C=O) groups is 1. The van der Waals surface area contributed by atoms with E-state index in [1.165, 1.54) is 0 Å². The molecule has 0 aromatic carbocycles. The second kappa shape index (κ2) is 4.97. The first-order valence-electron chi connectivity index (χ1n) is 4.59. The van der Waals surface area contributed by atoms with Gasteiger partial charge in [0, 0.05) is 27.3 Å². The quantitative estimate of drug-likeness (QED) is 0.479. The molecule has 14 heavy (non-hydrogen) atoms. The Balaban J connectivity index is 2.36. The Labute approximate surface area is 83.1 Å². The highest BCUT2D eigenvalue weighted by molar-refractivity contribution is 6.07. The van der Waals surface area contributed by atoms with Crippen LogP contribution in [0.2, 0.25) is 0 Å². The molecular weight excluding hydrogens is 184 g/mol. The predicted octanol–water partition coefficient (Wildman–Crippen LogP) is -1.01. The van der Waals surface area contributed by atoms with Gasteiger partial charge in [0.25, 0.3) is 0 Å². The number of aliphatic hydroxyl groups excluding tert-OH is 1. The molecule has 1 atom stereocenters. The van der Waals surface area contributed by atoms with Crippen LogP contribution in [-0.4, -0.2) is 44.3 Å². The number of likely N-dealkylation sites (N-methyl/N-ethyl adjacent to an activating group) is 1. The minimum Gasteiger partial charge on any atom is -0.387 e. The number of methoxy groups -OCH3 is 1. The van der Waals surface area contributed by atoms with Gasteiger partial charge in [-0.3, -0.25) is 4.79 Å². The molecule has 5 nitrogen and oxygen atoms in total. The zero-order chi connectivity index (χ0) is 10.6. The van der Waals surface area contributed by atoms with E-state index in [-0.39, 0.29) is 5.78 Å². The van der Waals surface area contributed by atoms with E-state index in [0.29, 0.717) is 24.5 Å². The number of hydrogen-bond donors (Lipinski definition) is 3. The van der Waals surface area contributed by atoms with Crippen LogP contribution in [0.25, 0.3) is 0 Å². The third-order valence-electron chi connectivity index (χ3n) is 2.13. The second-order valence-corrected chi connectivity index (χ2v) is 3.08. The van der Waals surface area contributed by atoms with E-state index >= 15 is 0 Å². The van der Waals surface area contributed by atoms with Crippen molar-refractivity contribution in [1.82, 2.24) is 10.6 Å². The minimum atomic E-state index is -0.968. The summed E-state index contributed by atoms with van der Waals surface area (Å²) in [5.74, 6) is -0.244. The lowest BCUT2D eigenvalue weighted by molar-refractivity contribution is -0.125. The molecule has 0 spiro atoms. The highest BCUT2D eigenvalue weighted by Crippen LogP contribution is 2.19. The van der Waals surface area contributed by atoms with E-state index in [2.05, 4.69) is 10.6 Å². The number of carbonyl (C=O) groups excluding carboxylic acids is 1. The fourth-order valence-electron chi connectivity index (χ4n) is 1.33. The summed E-state index contributed by atoms with van der Waals surface area (Å²) in [6.45, 7) is 1.33. The second-order valence-electron chi connectivity index (χ2n) is 3.08. The van der Waals surface area contributed by atoms with E-state index in [1.807, 2.05) is 0 Å². The van der Waals surface area contributed by atoms with Gasteiger partial charge in [-0.15, -0.1) is 0 Å². The average Bonchev–Trinajstić information content (AvgIpc) is 2.21. The number of nitrogens with one attached hydrogen (secondary N) is 2. The van der Waals surface area contributed by atoms with Gasteiger partial charge in [0.05, 0.1) is 5.70 Å². The van der Waals surface area contributed by atoms with Crippen molar-refractivity contribution < 1.29 is 14.6 Å². The molecule has 80 valence electrons. The van der Waals surface area contributed by atoms with Crippen molar-refractivity contribution >= 4 is 5.78 Å². The predicted molar refractivity (Wildman–Crippen MR) is 51.6 cm³/mol. The Kier molecular flexibility index (Phi) is 3.91. The van der Waals surface area contributed by atoms with Crippen LogP contribution in [0.4, 0.5) is 0 Å². The smallest absolute Gasteiger partial charge is 0.215 e. The van der Waals surface area contributed by atoms with Crippen LogP contribution in [0.5, 0.6) is 0 Å². The molecule has 0 amide bonds. The fourth-order valence-corrected chi connectivity index (χ4v) is 1.33. The molecule has 0 aliphatic heterocycles. The molecule has 0 radical (unpaired) electrons. The first-order chi connectivity index (χ1) is 6.72. The van der Waals surface area contributed by atoms with Gasteiger partial charge < -0.3 is 20.5 Å². The molecular formula is C9H16N2O3. The first-order valence-corrected chi connectivity index (χ1v) is 4.59. The van der Waals surface area contributed by atoms with Gasteiger partial charge in [-0.2, -0.15) is 0 Å². The van der Waals surface area contributed by atoms with Crippen molar-refractivity contribution in [2.75, 3.05) is 27.3 Å². The van der Waals surface area contributed by atoms with E-state index in [0.717, 1.165) is 6.42 Å². The van der Waals surface area contributed by atoms with Crippen molar-refractivity contribution in [3.05, 3.63) is 11.4 Å². The summed E-state index contributed by atoms with van der Waals surface area (Å²) >= 11 is 0. The molecule has 0 bridgehead atoms. The van der Waals surface area contributed by atoms with Crippen molar-refractivity contribution in [1.29, 1.82) is 0 Å². The summed E-state index contributed by atoms with van der Waals surface area (Å²) in [5.41, 5.74) is 1.07. The maximum absolute atomic E-state index is 11.2. The van der Waals surface area contributed by atoms with Crippen LogP contribution in [0.3, 0.4) is 0 Å². The largest absolute Gasteiger partial charge is 0.387 e. The summed E-state index contributed by atoms with van der Waals surface area (Å²) in [6.07, 6.45) is -0.134. The number of hydrogen-bond acceptors (Lipinski definition) is 5. The number of aliphatic hydroxyl groups is 1. The zero-order valence-electron chi connectivity index (χ0n) is 8.46. The lowest BCUT2D eigenvalue weighted by atomic mass is 9.95. The van der Waals surface area contributed by atoms with Crippen LogP contribution >= 0.6 is 0 Å². The summed E-state index contributed by atoms with van der Waals surface area (Å²) in [6, 6.07) is 0. The molecule has 0 aromatic rings. The van der Waals surface area contributed by atoms with E-state index in [1.54, 1.807) is 14.2 Å². The van der Waals surface area contributed by atoms with E-state index in [9.17, 15) is 9.90 Å². The van der Waals surface area contributed by atoms with Gasteiger partial charge in [0.15, 0.2) is 6.10 Å². The highest BCUT2D eigenvalue weighted by atomic mass is 16.5. The van der Waals surface area contributed by atoms with Crippen molar-refractivity contribution in [2.45, 2.75) is 12.5 Å². The Morgan fingerprint density at radius 3 is 2.86 bits per heavy atom. The monoisotopic (exact) mass is 200 g/mol. The van der Waals surface area contributed by atoms with Gasteiger partial charge >= 0.3 is 0 Å². The first kappa shape index (κ1) is 11.0. The van der Waals surface area contributed by atoms with Crippen LogP contribution in [0.1, 0.15) is 6.42 Å². The maximum atomic E-state index is 11.2. The van der Waals surface area contributed by atoms with Crippen molar-refractivity contribution in [2.24, 2.45) is 0 Å². The SMILES string of the molecule is CNC1=C(NCCCOC)C(=O)C1O. The average molecular weight is 200 g/mol. The zero-order valence-corrected chi connectivity index (χ0v) is 8.46. The van der Waals surface area contributed by atoms with Gasteiger partial charge in [-0.1, -0.05) is 0 Å². The molecule has 0 fully saturated rings. The van der Waals surface area contributed by atoms with Crippen LogP contribution in [0, 0.1) is 0 Å². The van der Waals surface area contributed by atoms with Gasteiger partial charge in [0.1, 0.15) is 5.70 Å². The maximum Gasteiger partial charge on any atom is 0.215 e. The molecule has 0 saturated carbocycles. The van der Waals surface area contributed by atoms with E-state index < -0.39 is 6.10 Å². The van der Waals surface area contributed by atoms with Gasteiger partial charge in [-0.05, 0) is 6.42 Å².